The molecule has 14 heavy (non-hydrogen) atoms. The normalized spacial score (nSPS) is 22.1. The van der Waals surface area contributed by atoms with Gasteiger partial charge >= 0.3 is 0 Å². The molecule has 0 aromatic carbocycles. The van der Waals surface area contributed by atoms with Crippen molar-refractivity contribution in [3.05, 3.63) is 0 Å². The van der Waals surface area contributed by atoms with Gasteiger partial charge < -0.3 is 4.90 Å². The summed E-state index contributed by atoms with van der Waals surface area (Å²) < 4.78 is 0. The summed E-state index contributed by atoms with van der Waals surface area (Å²) in [5.74, 6) is 2.47. The van der Waals surface area contributed by atoms with Crippen molar-refractivity contribution in [2.75, 3.05) is 19.3 Å². The molecule has 2 nitrogen and oxygen atoms in total. The summed E-state index contributed by atoms with van der Waals surface area (Å²) in [6.07, 6.45) is 5.55. The smallest absolute Gasteiger partial charge is 0.299 e. The van der Waals surface area contributed by atoms with Gasteiger partial charge in [-0.1, -0.05) is 0 Å². The van der Waals surface area contributed by atoms with E-state index in [4.69, 9.17) is 0 Å². The summed E-state index contributed by atoms with van der Waals surface area (Å²) in [4.78, 5) is 15.8. The average Bonchev–Trinajstić information content (AvgIpc) is 2.42. The van der Waals surface area contributed by atoms with Gasteiger partial charge in [-0.15, -0.1) is 0 Å². The standard InChI is InChI=1S/C10H14BrNOS/c1-14-9-3-2-7-12(8-5-9)10(13)4-6-11/h9H,2-3,5,7-8H2,1H3. The summed E-state index contributed by atoms with van der Waals surface area (Å²) in [5, 5.41) is 0.713. The number of thioether (sulfide) groups is 1. The predicted octanol–water partition coefficient (Wildman–Crippen LogP) is 2.09. The quantitative estimate of drug-likeness (QED) is 0.683. The average molecular weight is 276 g/mol. The van der Waals surface area contributed by atoms with Gasteiger partial charge in [0.2, 0.25) is 0 Å². The molecule has 0 bridgehead atoms. The van der Waals surface area contributed by atoms with Crippen LogP contribution >= 0.6 is 27.7 Å². The van der Waals surface area contributed by atoms with E-state index in [2.05, 4.69) is 32.9 Å². The van der Waals surface area contributed by atoms with Crippen molar-refractivity contribution >= 4 is 33.6 Å². The van der Waals surface area contributed by atoms with Gasteiger partial charge in [0.15, 0.2) is 0 Å². The maximum atomic E-state index is 11.5. The van der Waals surface area contributed by atoms with E-state index in [0.717, 1.165) is 25.9 Å². The number of rotatable bonds is 1. The number of likely N-dealkylation sites (tertiary alicyclic amines) is 1. The third-order valence-electron chi connectivity index (χ3n) is 2.45. The monoisotopic (exact) mass is 275 g/mol. The molecule has 1 rings (SSSR count). The highest BCUT2D eigenvalue weighted by atomic mass is 79.9. The molecule has 1 aliphatic heterocycles. The minimum atomic E-state index is -0.0522. The highest BCUT2D eigenvalue weighted by Crippen LogP contribution is 2.20. The van der Waals surface area contributed by atoms with Crippen LogP contribution in [0.1, 0.15) is 19.3 Å². The van der Waals surface area contributed by atoms with Crippen LogP contribution in [0.4, 0.5) is 0 Å². The Morgan fingerprint density at radius 1 is 1.50 bits per heavy atom. The van der Waals surface area contributed by atoms with Gasteiger partial charge in [-0.3, -0.25) is 4.79 Å². The highest BCUT2D eigenvalue weighted by Gasteiger charge is 2.18. The Balaban J connectivity index is 2.48. The summed E-state index contributed by atoms with van der Waals surface area (Å²) in [6, 6.07) is 0. The van der Waals surface area contributed by atoms with E-state index in [1.54, 1.807) is 0 Å². The maximum Gasteiger partial charge on any atom is 0.299 e. The molecule has 1 saturated heterocycles. The number of amides is 1. The molecule has 1 fully saturated rings. The van der Waals surface area contributed by atoms with E-state index in [1.807, 2.05) is 16.7 Å². The molecular formula is C10H14BrNOS. The number of halogens is 1. The zero-order valence-corrected chi connectivity index (χ0v) is 10.7. The van der Waals surface area contributed by atoms with E-state index in [0.29, 0.717) is 5.25 Å². The van der Waals surface area contributed by atoms with Gasteiger partial charge in [-0.25, -0.2) is 0 Å². The lowest BCUT2D eigenvalue weighted by molar-refractivity contribution is -0.125. The summed E-state index contributed by atoms with van der Waals surface area (Å²) >= 11 is 4.85. The Morgan fingerprint density at radius 3 is 2.93 bits per heavy atom. The first kappa shape index (κ1) is 11.9. The van der Waals surface area contributed by atoms with E-state index >= 15 is 0 Å². The van der Waals surface area contributed by atoms with Crippen LogP contribution in [0.5, 0.6) is 0 Å². The molecule has 1 atom stereocenters. The van der Waals surface area contributed by atoms with Crippen molar-refractivity contribution in [3.8, 4) is 10.8 Å². The van der Waals surface area contributed by atoms with Crippen molar-refractivity contribution in [3.63, 3.8) is 0 Å². The van der Waals surface area contributed by atoms with Crippen LogP contribution in [-0.2, 0) is 4.79 Å². The molecule has 0 spiro atoms. The Kier molecular flexibility index (Phi) is 5.42. The van der Waals surface area contributed by atoms with E-state index < -0.39 is 0 Å². The minimum absolute atomic E-state index is 0.0522. The van der Waals surface area contributed by atoms with Crippen LogP contribution in [0.3, 0.4) is 0 Å². The largest absolute Gasteiger partial charge is 0.332 e. The number of hydrogen-bond donors (Lipinski definition) is 0. The summed E-state index contributed by atoms with van der Waals surface area (Å²) in [6.45, 7) is 1.71. The van der Waals surface area contributed by atoms with Gasteiger partial charge in [-0.05, 0) is 30.3 Å². The molecule has 0 saturated carbocycles. The van der Waals surface area contributed by atoms with Crippen LogP contribution < -0.4 is 0 Å². The molecule has 1 aliphatic rings. The second-order valence-electron chi connectivity index (χ2n) is 3.30. The number of nitrogens with zero attached hydrogens (tertiary/aromatic N) is 1. The van der Waals surface area contributed by atoms with E-state index in [1.165, 1.54) is 6.42 Å². The Bertz CT molecular complexity index is 259. The third-order valence-corrected chi connectivity index (χ3v) is 3.79. The Morgan fingerprint density at radius 2 is 2.29 bits per heavy atom. The highest BCUT2D eigenvalue weighted by molar-refractivity contribution is 9.12. The van der Waals surface area contributed by atoms with Crippen molar-refractivity contribution in [2.45, 2.75) is 24.5 Å². The second-order valence-corrected chi connectivity index (χ2v) is 4.83. The molecule has 1 heterocycles. The fourth-order valence-corrected chi connectivity index (χ4v) is 2.54. The van der Waals surface area contributed by atoms with Crippen LogP contribution in [0.2, 0.25) is 0 Å². The molecule has 0 radical (unpaired) electrons. The fraction of sp³-hybridized carbons (Fsp3) is 0.700. The predicted molar refractivity (Wildman–Crippen MR) is 64.4 cm³/mol. The number of hydrogen-bond acceptors (Lipinski definition) is 2. The van der Waals surface area contributed by atoms with Crippen molar-refractivity contribution in [2.24, 2.45) is 0 Å². The molecule has 0 N–H and O–H groups in total. The topological polar surface area (TPSA) is 20.3 Å². The lowest BCUT2D eigenvalue weighted by Gasteiger charge is -2.16. The summed E-state index contributed by atoms with van der Waals surface area (Å²) in [5.41, 5.74) is 0. The molecule has 4 heteroatoms. The first-order valence-corrected chi connectivity index (χ1v) is 6.79. The number of carbonyl (C=O) groups excluding carboxylic acids is 1. The molecule has 1 unspecified atom stereocenters. The van der Waals surface area contributed by atoms with Crippen LogP contribution in [-0.4, -0.2) is 35.4 Å². The fourth-order valence-electron chi connectivity index (χ4n) is 1.62. The Labute approximate surface area is 97.9 Å². The molecule has 78 valence electrons. The van der Waals surface area contributed by atoms with Gasteiger partial charge in [0.25, 0.3) is 5.91 Å². The SMILES string of the molecule is CSC1CCCN(C(=O)C#CBr)CC1. The van der Waals surface area contributed by atoms with Crippen molar-refractivity contribution in [1.29, 1.82) is 0 Å². The van der Waals surface area contributed by atoms with Crippen LogP contribution in [0.25, 0.3) is 0 Å². The Hall–Kier alpha value is -0.140. The first-order chi connectivity index (χ1) is 6.77. The van der Waals surface area contributed by atoms with Gasteiger partial charge in [0, 0.05) is 40.2 Å². The molecule has 1 amide bonds. The minimum Gasteiger partial charge on any atom is -0.332 e. The van der Waals surface area contributed by atoms with Gasteiger partial charge in [0.1, 0.15) is 0 Å². The van der Waals surface area contributed by atoms with Crippen LogP contribution in [0.15, 0.2) is 0 Å². The number of carbonyl (C=O) groups is 1. The lowest BCUT2D eigenvalue weighted by Crippen LogP contribution is -2.30. The van der Waals surface area contributed by atoms with E-state index in [9.17, 15) is 4.79 Å². The van der Waals surface area contributed by atoms with Crippen LogP contribution in [0, 0.1) is 10.8 Å². The zero-order valence-electron chi connectivity index (χ0n) is 8.25. The van der Waals surface area contributed by atoms with Crippen molar-refractivity contribution < 1.29 is 4.79 Å². The van der Waals surface area contributed by atoms with Crippen molar-refractivity contribution in [1.82, 2.24) is 4.90 Å². The van der Waals surface area contributed by atoms with E-state index in [-0.39, 0.29) is 5.91 Å². The first-order valence-electron chi connectivity index (χ1n) is 4.71. The molecule has 0 aromatic heterocycles. The van der Waals surface area contributed by atoms with Gasteiger partial charge in [0.05, 0.1) is 0 Å². The molecule has 0 aromatic rings. The summed E-state index contributed by atoms with van der Waals surface area (Å²) in [7, 11) is 0. The van der Waals surface area contributed by atoms with Gasteiger partial charge in [-0.2, -0.15) is 11.8 Å². The third kappa shape index (κ3) is 3.55. The molecular weight excluding hydrogens is 262 g/mol. The molecule has 0 aliphatic carbocycles. The second kappa shape index (κ2) is 6.36. The maximum absolute atomic E-state index is 11.5. The zero-order chi connectivity index (χ0) is 10.4. The lowest BCUT2D eigenvalue weighted by atomic mass is 10.2.